The zero-order chi connectivity index (χ0) is 21.6. The molecule has 5 nitrogen and oxygen atoms in total. The second-order valence-electron chi connectivity index (χ2n) is 7.44. The van der Waals surface area contributed by atoms with Crippen molar-refractivity contribution < 1.29 is 0 Å². The van der Waals surface area contributed by atoms with Gasteiger partial charge in [-0.3, -0.25) is 4.72 Å². The maximum absolute atomic E-state index is 4.94. The first-order valence-corrected chi connectivity index (χ1v) is 12.0. The van der Waals surface area contributed by atoms with Crippen LogP contribution >= 0.6 is 27.9 Å². The Labute approximate surface area is 196 Å². The highest BCUT2D eigenvalue weighted by Gasteiger charge is 2.21. The minimum Gasteiger partial charge on any atom is -0.367 e. The highest BCUT2D eigenvalue weighted by atomic mass is 79.9. The predicted molar refractivity (Wildman–Crippen MR) is 135 cm³/mol. The Bertz CT molecular complexity index is 1060. The number of benzene rings is 1. The molecule has 0 amide bonds. The molecular formula is C24H26BrN5S. The summed E-state index contributed by atoms with van der Waals surface area (Å²) in [7, 11) is 0. The average Bonchev–Trinajstić information content (AvgIpc) is 3.59. The number of halogens is 1. The van der Waals surface area contributed by atoms with Crippen LogP contribution in [0.3, 0.4) is 0 Å². The molecule has 1 aromatic carbocycles. The van der Waals surface area contributed by atoms with Gasteiger partial charge < -0.3 is 5.32 Å². The maximum atomic E-state index is 4.94. The van der Waals surface area contributed by atoms with Gasteiger partial charge in [0.05, 0.1) is 15.9 Å². The number of rotatable bonds is 9. The maximum Gasteiger partial charge on any atom is 0.172 e. The zero-order valence-corrected chi connectivity index (χ0v) is 19.9. The number of nitrogens with zero attached hydrogens (tertiary/aromatic N) is 3. The summed E-state index contributed by atoms with van der Waals surface area (Å²) in [5, 5.41) is 8.19. The van der Waals surface area contributed by atoms with E-state index in [2.05, 4.69) is 68.0 Å². The van der Waals surface area contributed by atoms with Crippen LogP contribution in [0.5, 0.6) is 0 Å². The molecule has 0 radical (unpaired) electrons. The minimum atomic E-state index is 0.652. The van der Waals surface area contributed by atoms with E-state index in [1.54, 1.807) is 11.9 Å². The van der Waals surface area contributed by atoms with Gasteiger partial charge in [0.25, 0.3) is 0 Å². The lowest BCUT2D eigenvalue weighted by atomic mass is 10.1. The van der Waals surface area contributed by atoms with E-state index in [1.165, 1.54) is 12.8 Å². The van der Waals surface area contributed by atoms with Gasteiger partial charge in [-0.05, 0) is 71.4 Å². The van der Waals surface area contributed by atoms with Crippen LogP contribution in [0.25, 0.3) is 5.82 Å². The van der Waals surface area contributed by atoms with Crippen molar-refractivity contribution in [1.29, 1.82) is 0 Å². The van der Waals surface area contributed by atoms with Crippen molar-refractivity contribution >= 4 is 45.2 Å². The molecule has 1 saturated carbocycles. The standard InChI is InChI=1S/C24H26BrN5S/c1-3-8-20(31-29-19-12-13-19)11-7-16-26-22-15-14-21(18-9-5-4-6-10-18)27-24-23(25)17(2)28-30(22)24/h3-11,15,19,26,29H,1,12-14,16H2,2H3/b11-7-,20-8+. The summed E-state index contributed by atoms with van der Waals surface area (Å²) in [5.41, 5.74) is 3.06. The third kappa shape index (κ3) is 5.67. The molecule has 1 aliphatic carbocycles. The van der Waals surface area contributed by atoms with Crippen molar-refractivity contribution in [2.75, 3.05) is 6.54 Å². The van der Waals surface area contributed by atoms with Gasteiger partial charge in [0.1, 0.15) is 5.82 Å². The Morgan fingerprint density at radius 2 is 2.13 bits per heavy atom. The molecule has 0 saturated heterocycles. The van der Waals surface area contributed by atoms with Crippen molar-refractivity contribution in [2.45, 2.75) is 32.2 Å². The molecule has 1 aliphatic heterocycles. The number of aliphatic imine (C=N–C) groups is 1. The van der Waals surface area contributed by atoms with Gasteiger partial charge in [-0.1, -0.05) is 49.1 Å². The number of allylic oxidation sites excluding steroid dienone is 4. The van der Waals surface area contributed by atoms with Crippen LogP contribution in [0.15, 0.2) is 81.7 Å². The molecule has 7 heteroatoms. The quantitative estimate of drug-likeness (QED) is 0.336. The minimum absolute atomic E-state index is 0.652. The normalized spacial score (nSPS) is 16.5. The van der Waals surface area contributed by atoms with Crippen molar-refractivity contribution in [2.24, 2.45) is 4.99 Å². The lowest BCUT2D eigenvalue weighted by Gasteiger charge is -2.10. The van der Waals surface area contributed by atoms with Crippen molar-refractivity contribution in [1.82, 2.24) is 19.8 Å². The fraction of sp³-hybridized carbons (Fsp3) is 0.250. The van der Waals surface area contributed by atoms with Crippen molar-refractivity contribution in [3.05, 3.63) is 87.9 Å². The Balaban J connectivity index is 1.48. The fourth-order valence-corrected chi connectivity index (χ4v) is 4.31. The first kappa shape index (κ1) is 21.9. The Morgan fingerprint density at radius 1 is 1.32 bits per heavy atom. The Kier molecular flexibility index (Phi) is 7.27. The number of aryl methyl sites for hydroxylation is 1. The molecule has 2 N–H and O–H groups in total. The largest absolute Gasteiger partial charge is 0.367 e. The van der Waals surface area contributed by atoms with Gasteiger partial charge in [-0.25, -0.2) is 4.99 Å². The first-order chi connectivity index (χ1) is 15.2. The lowest BCUT2D eigenvalue weighted by Crippen LogP contribution is -2.18. The van der Waals surface area contributed by atoms with E-state index in [1.807, 2.05) is 42.0 Å². The average molecular weight is 496 g/mol. The van der Waals surface area contributed by atoms with Crippen molar-refractivity contribution in [3.63, 3.8) is 0 Å². The molecule has 2 aliphatic rings. The smallest absolute Gasteiger partial charge is 0.172 e. The zero-order valence-electron chi connectivity index (χ0n) is 17.5. The van der Waals surface area contributed by atoms with Crippen LogP contribution in [0.4, 0.5) is 5.82 Å². The van der Waals surface area contributed by atoms with E-state index >= 15 is 0 Å². The van der Waals surface area contributed by atoms with Gasteiger partial charge in [0.15, 0.2) is 5.82 Å². The molecule has 0 bridgehead atoms. The summed E-state index contributed by atoms with van der Waals surface area (Å²) < 4.78 is 6.27. The van der Waals surface area contributed by atoms with Gasteiger partial charge >= 0.3 is 0 Å². The number of nitrogens with one attached hydrogen (secondary N) is 2. The molecule has 2 heterocycles. The van der Waals surface area contributed by atoms with E-state index < -0.39 is 0 Å². The highest BCUT2D eigenvalue weighted by molar-refractivity contribution is 9.10. The fourth-order valence-electron chi connectivity index (χ4n) is 3.10. The molecule has 2 aromatic rings. The van der Waals surface area contributed by atoms with Crippen LogP contribution in [0, 0.1) is 6.92 Å². The molecule has 4 rings (SSSR count). The summed E-state index contributed by atoms with van der Waals surface area (Å²) in [6, 6.07) is 10.9. The van der Waals surface area contributed by atoms with Gasteiger partial charge in [0, 0.05) is 23.9 Å². The monoisotopic (exact) mass is 495 g/mol. The lowest BCUT2D eigenvalue weighted by molar-refractivity contribution is 0.804. The van der Waals surface area contributed by atoms with Crippen LogP contribution in [0.1, 0.15) is 30.5 Å². The topological polar surface area (TPSA) is 54.2 Å². The molecule has 0 spiro atoms. The van der Waals surface area contributed by atoms with Crippen LogP contribution < -0.4 is 10.0 Å². The number of hydrogen-bond acceptors (Lipinski definition) is 5. The van der Waals surface area contributed by atoms with Crippen LogP contribution in [0.2, 0.25) is 0 Å². The van der Waals surface area contributed by atoms with Crippen LogP contribution in [-0.4, -0.2) is 28.1 Å². The van der Waals surface area contributed by atoms with Gasteiger partial charge in [-0.15, -0.1) is 0 Å². The molecule has 0 unspecified atom stereocenters. The molecule has 0 atom stereocenters. The molecular weight excluding hydrogens is 470 g/mol. The SMILES string of the molecule is C=C/C=C(\C=C/CNC1=CCC(c2ccccc2)=Nc2c(Br)c(C)nn21)SNC1CC1. The molecule has 31 heavy (non-hydrogen) atoms. The predicted octanol–water partition coefficient (Wildman–Crippen LogP) is 5.89. The molecule has 1 aromatic heterocycles. The number of aromatic nitrogens is 2. The summed E-state index contributed by atoms with van der Waals surface area (Å²) in [4.78, 5) is 6.08. The van der Waals surface area contributed by atoms with Crippen LogP contribution in [-0.2, 0) is 0 Å². The van der Waals surface area contributed by atoms with Crippen molar-refractivity contribution in [3.8, 4) is 0 Å². The van der Waals surface area contributed by atoms with E-state index in [0.717, 1.165) is 44.4 Å². The summed E-state index contributed by atoms with van der Waals surface area (Å²) in [6.45, 7) is 6.48. The molecule has 160 valence electrons. The Hall–Kier alpha value is -2.35. The van der Waals surface area contributed by atoms with Gasteiger partial charge in [0.2, 0.25) is 0 Å². The van der Waals surface area contributed by atoms with E-state index in [4.69, 9.17) is 4.99 Å². The third-order valence-electron chi connectivity index (χ3n) is 4.92. The number of fused-ring (bicyclic) bond motifs is 1. The van der Waals surface area contributed by atoms with E-state index in [0.29, 0.717) is 12.6 Å². The summed E-state index contributed by atoms with van der Waals surface area (Å²) in [6.07, 6.45) is 13.5. The summed E-state index contributed by atoms with van der Waals surface area (Å²) in [5.74, 6) is 1.74. The molecule has 1 fully saturated rings. The van der Waals surface area contributed by atoms with Gasteiger partial charge in [-0.2, -0.15) is 9.78 Å². The number of hydrogen-bond donors (Lipinski definition) is 2. The second kappa shape index (κ2) is 10.3. The summed E-state index contributed by atoms with van der Waals surface area (Å²) >= 11 is 5.33. The van der Waals surface area contributed by atoms with E-state index in [-0.39, 0.29) is 0 Å². The van der Waals surface area contributed by atoms with E-state index in [9.17, 15) is 0 Å². The third-order valence-corrected chi connectivity index (χ3v) is 6.80. The second-order valence-corrected chi connectivity index (χ2v) is 9.14. The highest BCUT2D eigenvalue weighted by Crippen LogP contribution is 2.33. The first-order valence-electron chi connectivity index (χ1n) is 10.4. The Morgan fingerprint density at radius 3 is 2.87 bits per heavy atom.